The average molecular weight is 199 g/mol. The molecule has 0 aromatic heterocycles. The van der Waals surface area contributed by atoms with Crippen LogP contribution in [0.4, 0.5) is 0 Å². The number of hydrogen-bond acceptors (Lipinski definition) is 3. The molecule has 0 saturated heterocycles. The van der Waals surface area contributed by atoms with Crippen LogP contribution in [-0.4, -0.2) is 24.1 Å². The van der Waals surface area contributed by atoms with Crippen LogP contribution in [0.3, 0.4) is 0 Å². The zero-order valence-electron chi connectivity index (χ0n) is 9.67. The number of allylic oxidation sites excluding steroid dienone is 1. The zero-order chi connectivity index (χ0) is 11.0. The molecule has 0 amide bonds. The van der Waals surface area contributed by atoms with Gasteiger partial charge in [-0.25, -0.2) is 4.79 Å². The van der Waals surface area contributed by atoms with E-state index in [1.807, 2.05) is 19.9 Å². The van der Waals surface area contributed by atoms with E-state index in [0.717, 1.165) is 25.9 Å². The van der Waals surface area contributed by atoms with Crippen molar-refractivity contribution in [2.75, 3.05) is 13.1 Å². The molecular weight excluding hydrogens is 178 g/mol. The SMILES string of the molecule is CCC/C=C(\C)C(=O)ON(CC)CC. The number of hydrogen-bond donors (Lipinski definition) is 0. The quantitative estimate of drug-likeness (QED) is 0.486. The maximum absolute atomic E-state index is 11.4. The Hall–Kier alpha value is -0.830. The molecule has 0 aromatic rings. The first-order valence-electron chi connectivity index (χ1n) is 5.29. The fraction of sp³-hybridized carbons (Fsp3) is 0.727. The molecule has 0 radical (unpaired) electrons. The zero-order valence-corrected chi connectivity index (χ0v) is 9.67. The second kappa shape index (κ2) is 7.56. The maximum atomic E-state index is 11.4. The first kappa shape index (κ1) is 13.2. The number of unbranched alkanes of at least 4 members (excludes halogenated alkanes) is 1. The Morgan fingerprint density at radius 3 is 2.29 bits per heavy atom. The van der Waals surface area contributed by atoms with Gasteiger partial charge in [0, 0.05) is 18.7 Å². The highest BCUT2D eigenvalue weighted by Gasteiger charge is 2.09. The van der Waals surface area contributed by atoms with Crippen molar-refractivity contribution in [3.63, 3.8) is 0 Å². The van der Waals surface area contributed by atoms with Gasteiger partial charge in [0.15, 0.2) is 0 Å². The number of nitrogens with zero attached hydrogens (tertiary/aromatic N) is 1. The number of rotatable bonds is 6. The van der Waals surface area contributed by atoms with E-state index in [2.05, 4.69) is 6.92 Å². The molecular formula is C11H21NO2. The molecule has 0 aromatic carbocycles. The van der Waals surface area contributed by atoms with Crippen molar-refractivity contribution in [2.24, 2.45) is 0 Å². The molecule has 0 heterocycles. The summed E-state index contributed by atoms with van der Waals surface area (Å²) < 4.78 is 0. The largest absolute Gasteiger partial charge is 0.364 e. The van der Waals surface area contributed by atoms with Crippen LogP contribution in [0.25, 0.3) is 0 Å². The summed E-state index contributed by atoms with van der Waals surface area (Å²) in [5.41, 5.74) is 0.693. The smallest absolute Gasteiger partial charge is 0.352 e. The lowest BCUT2D eigenvalue weighted by molar-refractivity contribution is -0.183. The highest BCUT2D eigenvalue weighted by molar-refractivity contribution is 5.87. The molecule has 0 spiro atoms. The van der Waals surface area contributed by atoms with Crippen LogP contribution in [0.2, 0.25) is 0 Å². The Morgan fingerprint density at radius 1 is 1.29 bits per heavy atom. The van der Waals surface area contributed by atoms with E-state index in [9.17, 15) is 4.79 Å². The van der Waals surface area contributed by atoms with Gasteiger partial charge in [0.2, 0.25) is 0 Å². The molecule has 0 aliphatic carbocycles. The van der Waals surface area contributed by atoms with Crippen LogP contribution < -0.4 is 0 Å². The Bertz CT molecular complexity index is 195. The van der Waals surface area contributed by atoms with Crippen molar-refractivity contribution in [1.82, 2.24) is 5.06 Å². The Morgan fingerprint density at radius 2 is 1.86 bits per heavy atom. The van der Waals surface area contributed by atoms with Crippen LogP contribution in [0.1, 0.15) is 40.5 Å². The third-order valence-corrected chi connectivity index (χ3v) is 1.98. The van der Waals surface area contributed by atoms with E-state index < -0.39 is 0 Å². The van der Waals surface area contributed by atoms with Crippen LogP contribution in [-0.2, 0) is 9.63 Å². The molecule has 14 heavy (non-hydrogen) atoms. The lowest BCUT2D eigenvalue weighted by Gasteiger charge is -2.17. The molecule has 3 nitrogen and oxygen atoms in total. The molecule has 82 valence electrons. The minimum absolute atomic E-state index is 0.234. The summed E-state index contributed by atoms with van der Waals surface area (Å²) in [5, 5.41) is 1.64. The molecule has 0 rings (SSSR count). The van der Waals surface area contributed by atoms with Crippen molar-refractivity contribution in [3.8, 4) is 0 Å². The lowest BCUT2D eigenvalue weighted by Crippen LogP contribution is -2.27. The van der Waals surface area contributed by atoms with Gasteiger partial charge in [-0.3, -0.25) is 0 Å². The summed E-state index contributed by atoms with van der Waals surface area (Å²) in [4.78, 5) is 16.6. The molecule has 0 aliphatic heterocycles. The van der Waals surface area contributed by atoms with Crippen LogP contribution >= 0.6 is 0 Å². The first-order chi connectivity index (χ1) is 6.65. The summed E-state index contributed by atoms with van der Waals surface area (Å²) in [6.07, 6.45) is 3.90. The molecule has 0 bridgehead atoms. The van der Waals surface area contributed by atoms with Crippen molar-refractivity contribution < 1.29 is 9.63 Å². The van der Waals surface area contributed by atoms with Gasteiger partial charge >= 0.3 is 5.97 Å². The molecule has 0 aliphatic rings. The van der Waals surface area contributed by atoms with E-state index in [0.29, 0.717) is 5.57 Å². The Kier molecular flexibility index (Phi) is 7.11. The molecule has 0 fully saturated rings. The number of hydroxylamine groups is 2. The van der Waals surface area contributed by atoms with E-state index in [4.69, 9.17) is 4.84 Å². The highest BCUT2D eigenvalue weighted by atomic mass is 16.7. The van der Waals surface area contributed by atoms with Gasteiger partial charge in [-0.05, 0) is 27.2 Å². The maximum Gasteiger partial charge on any atom is 0.352 e. The van der Waals surface area contributed by atoms with Crippen LogP contribution in [0.15, 0.2) is 11.6 Å². The standard InChI is InChI=1S/C11H21NO2/c1-5-8-9-10(4)11(13)14-12(6-2)7-3/h9H,5-8H2,1-4H3/b10-9+. The van der Waals surface area contributed by atoms with Crippen molar-refractivity contribution >= 4 is 5.97 Å². The van der Waals surface area contributed by atoms with Crippen LogP contribution in [0.5, 0.6) is 0 Å². The summed E-state index contributed by atoms with van der Waals surface area (Å²) in [6, 6.07) is 0. The van der Waals surface area contributed by atoms with Gasteiger partial charge in [0.05, 0.1) is 0 Å². The van der Waals surface area contributed by atoms with E-state index >= 15 is 0 Å². The third kappa shape index (κ3) is 5.02. The first-order valence-corrected chi connectivity index (χ1v) is 5.29. The molecule has 0 unspecified atom stereocenters. The van der Waals surface area contributed by atoms with Crippen molar-refractivity contribution in [1.29, 1.82) is 0 Å². The molecule has 3 heteroatoms. The van der Waals surface area contributed by atoms with Gasteiger partial charge in [0.25, 0.3) is 0 Å². The average Bonchev–Trinajstić information content (AvgIpc) is 2.21. The Labute approximate surface area is 86.7 Å². The van der Waals surface area contributed by atoms with Gasteiger partial charge in [0.1, 0.15) is 0 Å². The molecule has 0 atom stereocenters. The van der Waals surface area contributed by atoms with Crippen molar-refractivity contribution in [3.05, 3.63) is 11.6 Å². The summed E-state index contributed by atoms with van der Waals surface area (Å²) >= 11 is 0. The van der Waals surface area contributed by atoms with Gasteiger partial charge < -0.3 is 4.84 Å². The summed E-state index contributed by atoms with van der Waals surface area (Å²) in [5.74, 6) is -0.234. The second-order valence-electron chi connectivity index (χ2n) is 3.17. The van der Waals surface area contributed by atoms with E-state index in [1.54, 1.807) is 12.0 Å². The topological polar surface area (TPSA) is 29.5 Å². The lowest BCUT2D eigenvalue weighted by atomic mass is 10.2. The normalized spacial score (nSPS) is 11.9. The predicted molar refractivity (Wildman–Crippen MR) is 57.7 cm³/mol. The summed E-state index contributed by atoms with van der Waals surface area (Å²) in [6.45, 7) is 9.25. The van der Waals surface area contributed by atoms with Gasteiger partial charge in [-0.15, -0.1) is 5.06 Å². The number of carbonyl (C=O) groups excluding carboxylic acids is 1. The summed E-state index contributed by atoms with van der Waals surface area (Å²) in [7, 11) is 0. The minimum atomic E-state index is -0.234. The van der Waals surface area contributed by atoms with Crippen LogP contribution in [0, 0.1) is 0 Å². The molecule has 0 saturated carbocycles. The Balaban J connectivity index is 4.05. The second-order valence-corrected chi connectivity index (χ2v) is 3.17. The van der Waals surface area contributed by atoms with Gasteiger partial charge in [-0.1, -0.05) is 19.4 Å². The van der Waals surface area contributed by atoms with E-state index in [-0.39, 0.29) is 5.97 Å². The van der Waals surface area contributed by atoms with E-state index in [1.165, 1.54) is 0 Å². The highest BCUT2D eigenvalue weighted by Crippen LogP contribution is 2.02. The predicted octanol–water partition coefficient (Wildman–Crippen LogP) is 2.53. The molecule has 0 N–H and O–H groups in total. The fourth-order valence-electron chi connectivity index (χ4n) is 0.986. The monoisotopic (exact) mass is 199 g/mol. The minimum Gasteiger partial charge on any atom is -0.364 e. The van der Waals surface area contributed by atoms with Crippen molar-refractivity contribution in [2.45, 2.75) is 40.5 Å². The van der Waals surface area contributed by atoms with Gasteiger partial charge in [-0.2, -0.15) is 0 Å². The fourth-order valence-corrected chi connectivity index (χ4v) is 0.986. The third-order valence-electron chi connectivity index (χ3n) is 1.98. The number of carbonyl (C=O) groups is 1.